The van der Waals surface area contributed by atoms with Crippen LogP contribution in [0.25, 0.3) is 11.5 Å². The average Bonchev–Trinajstić information content (AvgIpc) is 3.12. The molecule has 4 rings (SSSR count). The van der Waals surface area contributed by atoms with Crippen LogP contribution in [-0.2, 0) is 13.1 Å². The molecule has 27 heavy (non-hydrogen) atoms. The fraction of sp³-hybridized carbons (Fsp3) is 0.364. The van der Waals surface area contributed by atoms with Crippen molar-refractivity contribution in [1.29, 1.82) is 0 Å². The maximum absolute atomic E-state index is 5.89. The summed E-state index contributed by atoms with van der Waals surface area (Å²) in [6.07, 6.45) is 0. The predicted molar refractivity (Wildman–Crippen MR) is 106 cm³/mol. The highest BCUT2D eigenvalue weighted by molar-refractivity contribution is 5.53. The van der Waals surface area contributed by atoms with Crippen LogP contribution >= 0.6 is 0 Å². The Morgan fingerprint density at radius 2 is 1.48 bits per heavy atom. The second-order valence-electron chi connectivity index (χ2n) is 7.41. The quantitative estimate of drug-likeness (QED) is 0.693. The van der Waals surface area contributed by atoms with Gasteiger partial charge in [-0.1, -0.05) is 47.5 Å². The SMILES string of the molecule is Cc1cccc(CN2CCN(Cc3nnc(-c4cccc(C)c4)o3)CC2)c1. The third-order valence-electron chi connectivity index (χ3n) is 5.04. The van der Waals surface area contributed by atoms with Gasteiger partial charge in [0, 0.05) is 38.3 Å². The molecule has 140 valence electrons. The van der Waals surface area contributed by atoms with Crippen LogP contribution in [0.15, 0.2) is 52.9 Å². The van der Waals surface area contributed by atoms with Crippen molar-refractivity contribution in [3.8, 4) is 11.5 Å². The van der Waals surface area contributed by atoms with Gasteiger partial charge in [0.1, 0.15) is 0 Å². The van der Waals surface area contributed by atoms with Gasteiger partial charge in [0.05, 0.1) is 6.54 Å². The van der Waals surface area contributed by atoms with E-state index in [9.17, 15) is 0 Å². The zero-order valence-electron chi connectivity index (χ0n) is 16.1. The van der Waals surface area contributed by atoms with Crippen LogP contribution in [0, 0.1) is 13.8 Å². The lowest BCUT2D eigenvalue weighted by Crippen LogP contribution is -2.45. The lowest BCUT2D eigenvalue weighted by molar-refractivity contribution is 0.114. The highest BCUT2D eigenvalue weighted by Crippen LogP contribution is 2.20. The summed E-state index contributed by atoms with van der Waals surface area (Å²) in [6.45, 7) is 10.1. The molecule has 0 aliphatic carbocycles. The van der Waals surface area contributed by atoms with Crippen LogP contribution in [0.5, 0.6) is 0 Å². The molecule has 1 aromatic heterocycles. The molecule has 2 heterocycles. The van der Waals surface area contributed by atoms with Crippen molar-refractivity contribution in [3.05, 3.63) is 71.1 Å². The number of aromatic nitrogens is 2. The fourth-order valence-corrected chi connectivity index (χ4v) is 3.58. The Morgan fingerprint density at radius 3 is 2.19 bits per heavy atom. The number of nitrogens with zero attached hydrogens (tertiary/aromatic N) is 4. The zero-order chi connectivity index (χ0) is 18.6. The van der Waals surface area contributed by atoms with E-state index in [2.05, 4.69) is 70.2 Å². The molecule has 0 unspecified atom stereocenters. The summed E-state index contributed by atoms with van der Waals surface area (Å²) < 4.78 is 5.89. The first-order valence-electron chi connectivity index (χ1n) is 9.55. The van der Waals surface area contributed by atoms with Crippen LogP contribution in [0.3, 0.4) is 0 Å². The molecule has 0 radical (unpaired) electrons. The third kappa shape index (κ3) is 4.62. The van der Waals surface area contributed by atoms with Gasteiger partial charge in [-0.15, -0.1) is 10.2 Å². The van der Waals surface area contributed by atoms with E-state index >= 15 is 0 Å². The first-order valence-corrected chi connectivity index (χ1v) is 9.55. The first kappa shape index (κ1) is 17.9. The Kier molecular flexibility index (Phi) is 5.32. The third-order valence-corrected chi connectivity index (χ3v) is 5.04. The molecular formula is C22H26N4O. The van der Waals surface area contributed by atoms with E-state index in [0.29, 0.717) is 11.8 Å². The number of hydrogen-bond acceptors (Lipinski definition) is 5. The van der Waals surface area contributed by atoms with Gasteiger partial charge < -0.3 is 4.42 Å². The van der Waals surface area contributed by atoms with Crippen molar-refractivity contribution >= 4 is 0 Å². The Bertz CT molecular complexity index is 897. The van der Waals surface area contributed by atoms with Crippen LogP contribution in [0.2, 0.25) is 0 Å². The van der Waals surface area contributed by atoms with E-state index < -0.39 is 0 Å². The highest BCUT2D eigenvalue weighted by Gasteiger charge is 2.19. The van der Waals surface area contributed by atoms with Gasteiger partial charge in [-0.3, -0.25) is 9.80 Å². The number of hydrogen-bond donors (Lipinski definition) is 0. The van der Waals surface area contributed by atoms with Crippen LogP contribution in [0.4, 0.5) is 0 Å². The highest BCUT2D eigenvalue weighted by atomic mass is 16.4. The number of rotatable bonds is 5. The second-order valence-corrected chi connectivity index (χ2v) is 7.41. The molecule has 5 heteroatoms. The maximum Gasteiger partial charge on any atom is 0.247 e. The van der Waals surface area contributed by atoms with Crippen molar-refractivity contribution < 1.29 is 4.42 Å². The minimum Gasteiger partial charge on any atom is -0.419 e. The Labute approximate surface area is 160 Å². The molecule has 1 fully saturated rings. The average molecular weight is 362 g/mol. The molecule has 0 bridgehead atoms. The summed E-state index contributed by atoms with van der Waals surface area (Å²) in [5.41, 5.74) is 4.89. The van der Waals surface area contributed by atoms with Gasteiger partial charge in [-0.2, -0.15) is 0 Å². The minimum absolute atomic E-state index is 0.604. The van der Waals surface area contributed by atoms with Crippen molar-refractivity contribution in [2.75, 3.05) is 26.2 Å². The van der Waals surface area contributed by atoms with E-state index in [1.807, 2.05) is 12.1 Å². The molecule has 0 amide bonds. The smallest absolute Gasteiger partial charge is 0.247 e. The minimum atomic E-state index is 0.604. The molecule has 3 aromatic rings. The molecule has 0 atom stereocenters. The summed E-state index contributed by atoms with van der Waals surface area (Å²) in [4.78, 5) is 4.90. The molecule has 5 nitrogen and oxygen atoms in total. The molecule has 0 saturated carbocycles. The Morgan fingerprint density at radius 1 is 0.815 bits per heavy atom. The van der Waals surface area contributed by atoms with E-state index in [1.54, 1.807) is 0 Å². The normalized spacial score (nSPS) is 15.9. The molecular weight excluding hydrogens is 336 g/mol. The summed E-state index contributed by atoms with van der Waals surface area (Å²) in [6, 6.07) is 16.9. The molecule has 1 aliphatic heterocycles. The van der Waals surface area contributed by atoms with Crippen molar-refractivity contribution in [1.82, 2.24) is 20.0 Å². The second kappa shape index (κ2) is 8.03. The van der Waals surface area contributed by atoms with Gasteiger partial charge in [-0.25, -0.2) is 0 Å². The molecule has 0 N–H and O–H groups in total. The van der Waals surface area contributed by atoms with Crippen molar-refractivity contribution in [3.63, 3.8) is 0 Å². The van der Waals surface area contributed by atoms with E-state index in [0.717, 1.165) is 44.8 Å². The molecule has 1 saturated heterocycles. The van der Waals surface area contributed by atoms with Crippen LogP contribution in [-0.4, -0.2) is 46.2 Å². The Balaban J connectivity index is 1.31. The topological polar surface area (TPSA) is 45.4 Å². The van der Waals surface area contributed by atoms with Gasteiger partial charge in [0.15, 0.2) is 0 Å². The van der Waals surface area contributed by atoms with Gasteiger partial charge in [-0.05, 0) is 31.5 Å². The van der Waals surface area contributed by atoms with Gasteiger partial charge in [0.25, 0.3) is 0 Å². The predicted octanol–water partition coefficient (Wildman–Crippen LogP) is 3.67. The molecule has 2 aromatic carbocycles. The van der Waals surface area contributed by atoms with Crippen LogP contribution < -0.4 is 0 Å². The standard InChI is InChI=1S/C22H26N4O/c1-17-5-3-7-19(13-17)15-25-9-11-26(12-10-25)16-21-23-24-22(27-21)20-8-4-6-18(2)14-20/h3-8,13-14H,9-12,15-16H2,1-2H3. The van der Waals surface area contributed by atoms with E-state index in [1.165, 1.54) is 16.7 Å². The first-order chi connectivity index (χ1) is 13.2. The summed E-state index contributed by atoms with van der Waals surface area (Å²) >= 11 is 0. The monoisotopic (exact) mass is 362 g/mol. The maximum atomic E-state index is 5.89. The fourth-order valence-electron chi connectivity index (χ4n) is 3.58. The van der Waals surface area contributed by atoms with Gasteiger partial charge in [0.2, 0.25) is 11.8 Å². The summed E-state index contributed by atoms with van der Waals surface area (Å²) in [5, 5.41) is 8.46. The lowest BCUT2D eigenvalue weighted by Gasteiger charge is -2.34. The Hall–Kier alpha value is -2.50. The van der Waals surface area contributed by atoms with Crippen LogP contribution in [0.1, 0.15) is 22.6 Å². The summed E-state index contributed by atoms with van der Waals surface area (Å²) in [5.74, 6) is 1.30. The van der Waals surface area contributed by atoms with E-state index in [-0.39, 0.29) is 0 Å². The largest absolute Gasteiger partial charge is 0.419 e. The number of benzene rings is 2. The summed E-state index contributed by atoms with van der Waals surface area (Å²) in [7, 11) is 0. The van der Waals surface area contributed by atoms with E-state index in [4.69, 9.17) is 4.42 Å². The van der Waals surface area contributed by atoms with Gasteiger partial charge >= 0.3 is 0 Å². The number of piperazine rings is 1. The van der Waals surface area contributed by atoms with Crippen molar-refractivity contribution in [2.45, 2.75) is 26.9 Å². The zero-order valence-corrected chi connectivity index (χ0v) is 16.1. The van der Waals surface area contributed by atoms with Crippen molar-refractivity contribution in [2.24, 2.45) is 0 Å². The lowest BCUT2D eigenvalue weighted by atomic mass is 10.1. The molecule has 1 aliphatic rings. The number of aryl methyl sites for hydroxylation is 2. The molecule has 0 spiro atoms.